The van der Waals surface area contributed by atoms with Crippen molar-refractivity contribution in [2.75, 3.05) is 18.0 Å². The number of piperidine rings is 1. The lowest BCUT2D eigenvalue weighted by Crippen LogP contribution is -2.50. The molecular weight excluding hydrogens is 236 g/mol. The molecule has 1 atom stereocenters. The van der Waals surface area contributed by atoms with Crippen molar-refractivity contribution in [3.63, 3.8) is 0 Å². The fraction of sp³-hybridized carbons (Fsp3) is 0.800. The van der Waals surface area contributed by atoms with Crippen LogP contribution in [0, 0.1) is 0 Å². The molecule has 0 spiro atoms. The molecule has 108 valence electrons. The fourth-order valence-corrected chi connectivity index (χ4v) is 2.71. The Balaban J connectivity index is 2.07. The molecule has 0 aliphatic carbocycles. The summed E-state index contributed by atoms with van der Waals surface area (Å²) >= 11 is 0. The maximum atomic E-state index is 4.57. The predicted octanol–water partition coefficient (Wildman–Crippen LogP) is 2.65. The lowest BCUT2D eigenvalue weighted by atomic mass is 10.0. The Kier molecular flexibility index (Phi) is 4.50. The molecule has 1 saturated heterocycles. The molecule has 0 amide bonds. The Labute approximate surface area is 117 Å². The number of nitrogens with zero attached hydrogens (tertiary/aromatic N) is 3. The first kappa shape index (κ1) is 14.4. The molecule has 4 heteroatoms. The minimum Gasteiger partial charge on any atom is -0.338 e. The number of nitrogens with one attached hydrogen (secondary N) is 1. The third kappa shape index (κ3) is 3.72. The van der Waals surface area contributed by atoms with E-state index in [0.29, 0.717) is 6.04 Å². The summed E-state index contributed by atoms with van der Waals surface area (Å²) in [5.74, 6) is 1.14. The van der Waals surface area contributed by atoms with E-state index < -0.39 is 0 Å². The van der Waals surface area contributed by atoms with Gasteiger partial charge in [0.1, 0.15) is 0 Å². The van der Waals surface area contributed by atoms with Crippen LogP contribution in [0.5, 0.6) is 0 Å². The smallest absolute Gasteiger partial charge is 0.205 e. The van der Waals surface area contributed by atoms with Crippen molar-refractivity contribution < 1.29 is 0 Å². The van der Waals surface area contributed by atoms with Gasteiger partial charge in [0.25, 0.3) is 0 Å². The van der Waals surface area contributed by atoms with E-state index in [2.05, 4.69) is 53.7 Å². The van der Waals surface area contributed by atoms with Gasteiger partial charge in [0.2, 0.25) is 5.95 Å². The van der Waals surface area contributed by atoms with Gasteiger partial charge in [-0.25, -0.2) is 4.98 Å². The van der Waals surface area contributed by atoms with Gasteiger partial charge in [0, 0.05) is 43.6 Å². The maximum Gasteiger partial charge on any atom is 0.205 e. The highest BCUT2D eigenvalue weighted by atomic mass is 15.3. The molecule has 4 nitrogen and oxygen atoms in total. The monoisotopic (exact) mass is 264 g/mol. The molecule has 0 aromatic carbocycles. The number of aryl methyl sites for hydroxylation is 1. The van der Waals surface area contributed by atoms with Gasteiger partial charge in [0.15, 0.2) is 0 Å². The number of hydrogen-bond donors (Lipinski definition) is 1. The molecule has 1 aliphatic rings. The lowest BCUT2D eigenvalue weighted by molar-refractivity contribution is 0.362. The molecule has 1 fully saturated rings. The normalized spacial score (nSPS) is 20.8. The first-order valence-electron chi connectivity index (χ1n) is 7.54. The Bertz CT molecular complexity index is 391. The zero-order valence-electron chi connectivity index (χ0n) is 12.8. The Morgan fingerprint density at radius 2 is 2.16 bits per heavy atom. The molecule has 0 saturated carbocycles. The van der Waals surface area contributed by atoms with E-state index in [-0.39, 0.29) is 5.54 Å². The number of hydrogen-bond acceptors (Lipinski definition) is 3. The maximum absolute atomic E-state index is 4.57. The molecule has 2 heterocycles. The van der Waals surface area contributed by atoms with E-state index in [0.717, 1.165) is 25.6 Å². The predicted molar refractivity (Wildman–Crippen MR) is 80.6 cm³/mol. The van der Waals surface area contributed by atoms with Gasteiger partial charge in [0.05, 0.1) is 0 Å². The summed E-state index contributed by atoms with van der Waals surface area (Å²) in [4.78, 5) is 7.06. The molecule has 2 rings (SSSR count). The number of anilines is 1. The summed E-state index contributed by atoms with van der Waals surface area (Å²) in [7, 11) is 0. The number of imidazole rings is 1. The highest BCUT2D eigenvalue weighted by Crippen LogP contribution is 2.23. The molecule has 1 aromatic heterocycles. The van der Waals surface area contributed by atoms with Crippen molar-refractivity contribution in [3.05, 3.63) is 12.4 Å². The molecule has 0 bridgehead atoms. The minimum atomic E-state index is 0.184. The second-order valence-electron chi connectivity index (χ2n) is 6.49. The average molecular weight is 264 g/mol. The van der Waals surface area contributed by atoms with Gasteiger partial charge in [-0.05, 0) is 47.0 Å². The highest BCUT2D eigenvalue weighted by molar-refractivity contribution is 5.34. The van der Waals surface area contributed by atoms with Crippen molar-refractivity contribution in [1.82, 2.24) is 14.9 Å². The van der Waals surface area contributed by atoms with Crippen molar-refractivity contribution in [2.45, 2.75) is 65.1 Å². The van der Waals surface area contributed by atoms with E-state index in [1.54, 1.807) is 0 Å². The van der Waals surface area contributed by atoms with E-state index >= 15 is 0 Å². The van der Waals surface area contributed by atoms with Gasteiger partial charge in [-0.15, -0.1) is 0 Å². The molecule has 1 N–H and O–H groups in total. The first-order valence-corrected chi connectivity index (χ1v) is 7.54. The van der Waals surface area contributed by atoms with Crippen LogP contribution in [0.15, 0.2) is 12.4 Å². The second kappa shape index (κ2) is 5.95. The standard InChI is InChI=1S/C15H28N4/c1-5-18-11-9-16-14(18)19-10-7-6-8-13(19)12-17-15(2,3)4/h9,11,13,17H,5-8,10,12H2,1-4H3. The van der Waals surface area contributed by atoms with Gasteiger partial charge in [-0.1, -0.05) is 0 Å². The number of rotatable bonds is 4. The fourth-order valence-electron chi connectivity index (χ4n) is 2.71. The topological polar surface area (TPSA) is 33.1 Å². The van der Waals surface area contributed by atoms with Crippen LogP contribution in [0.25, 0.3) is 0 Å². The van der Waals surface area contributed by atoms with E-state index in [1.165, 1.54) is 19.3 Å². The first-order chi connectivity index (χ1) is 9.01. The van der Waals surface area contributed by atoms with Crippen molar-refractivity contribution >= 4 is 5.95 Å². The van der Waals surface area contributed by atoms with Crippen LogP contribution in [0.4, 0.5) is 5.95 Å². The summed E-state index contributed by atoms with van der Waals surface area (Å²) in [6.45, 7) is 12.0. The summed E-state index contributed by atoms with van der Waals surface area (Å²) in [6.07, 6.45) is 7.88. The van der Waals surface area contributed by atoms with Gasteiger partial charge >= 0.3 is 0 Å². The summed E-state index contributed by atoms with van der Waals surface area (Å²) in [5.41, 5.74) is 0.184. The summed E-state index contributed by atoms with van der Waals surface area (Å²) in [5, 5.41) is 3.64. The van der Waals surface area contributed by atoms with Gasteiger partial charge in [-0.2, -0.15) is 0 Å². The number of aromatic nitrogens is 2. The zero-order chi connectivity index (χ0) is 13.9. The molecule has 19 heavy (non-hydrogen) atoms. The third-order valence-electron chi connectivity index (χ3n) is 3.79. The van der Waals surface area contributed by atoms with Crippen LogP contribution in [0.2, 0.25) is 0 Å². The van der Waals surface area contributed by atoms with Crippen LogP contribution in [0.3, 0.4) is 0 Å². The van der Waals surface area contributed by atoms with Crippen molar-refractivity contribution in [3.8, 4) is 0 Å². The summed E-state index contributed by atoms with van der Waals surface area (Å²) in [6, 6.07) is 0.570. The minimum absolute atomic E-state index is 0.184. The van der Waals surface area contributed by atoms with Crippen LogP contribution >= 0.6 is 0 Å². The van der Waals surface area contributed by atoms with E-state index in [1.807, 2.05) is 6.20 Å². The van der Waals surface area contributed by atoms with Crippen molar-refractivity contribution in [2.24, 2.45) is 0 Å². The SMILES string of the molecule is CCn1ccnc1N1CCCCC1CNC(C)(C)C. The van der Waals surface area contributed by atoms with Gasteiger partial charge in [-0.3, -0.25) is 0 Å². The summed E-state index contributed by atoms with van der Waals surface area (Å²) < 4.78 is 2.25. The lowest BCUT2D eigenvalue weighted by Gasteiger charge is -2.38. The molecule has 1 aromatic rings. The van der Waals surface area contributed by atoms with Crippen LogP contribution in [-0.2, 0) is 6.54 Å². The average Bonchev–Trinajstić information content (AvgIpc) is 2.84. The van der Waals surface area contributed by atoms with Crippen LogP contribution in [0.1, 0.15) is 47.0 Å². The van der Waals surface area contributed by atoms with Crippen LogP contribution < -0.4 is 10.2 Å². The van der Waals surface area contributed by atoms with Crippen molar-refractivity contribution in [1.29, 1.82) is 0 Å². The molecule has 0 radical (unpaired) electrons. The highest BCUT2D eigenvalue weighted by Gasteiger charge is 2.26. The molecule has 1 unspecified atom stereocenters. The second-order valence-corrected chi connectivity index (χ2v) is 6.49. The van der Waals surface area contributed by atoms with Crippen LogP contribution in [-0.4, -0.2) is 34.2 Å². The third-order valence-corrected chi connectivity index (χ3v) is 3.79. The Morgan fingerprint density at radius 1 is 1.37 bits per heavy atom. The largest absolute Gasteiger partial charge is 0.338 e. The van der Waals surface area contributed by atoms with Gasteiger partial charge < -0.3 is 14.8 Å². The van der Waals surface area contributed by atoms with E-state index in [9.17, 15) is 0 Å². The Morgan fingerprint density at radius 3 is 2.84 bits per heavy atom. The quantitative estimate of drug-likeness (QED) is 0.907. The molecular formula is C15H28N4. The molecule has 1 aliphatic heterocycles. The van der Waals surface area contributed by atoms with E-state index in [4.69, 9.17) is 0 Å². The zero-order valence-corrected chi connectivity index (χ0v) is 12.8. The Hall–Kier alpha value is -1.03.